The number of fused-ring (bicyclic) bond motifs is 1. The van der Waals surface area contributed by atoms with E-state index in [1.54, 1.807) is 18.6 Å². The van der Waals surface area contributed by atoms with E-state index in [1.165, 1.54) is 16.2 Å². The van der Waals surface area contributed by atoms with Crippen molar-refractivity contribution < 1.29 is 0 Å². The number of aromatic amines is 1. The summed E-state index contributed by atoms with van der Waals surface area (Å²) >= 11 is 7.77. The van der Waals surface area contributed by atoms with Gasteiger partial charge in [-0.1, -0.05) is 35.5 Å². The van der Waals surface area contributed by atoms with Gasteiger partial charge in [-0.25, -0.2) is 9.78 Å². The van der Waals surface area contributed by atoms with Crippen LogP contribution in [0.4, 0.5) is 0 Å². The first-order valence-corrected chi connectivity index (χ1v) is 6.84. The number of halogens is 1. The number of nitrogens with one attached hydrogen (secondary N) is 1. The summed E-state index contributed by atoms with van der Waals surface area (Å²) in [7, 11) is 0. The van der Waals surface area contributed by atoms with Crippen LogP contribution >= 0.6 is 23.4 Å². The highest BCUT2D eigenvalue weighted by atomic mass is 35.5. The van der Waals surface area contributed by atoms with Gasteiger partial charge in [0.05, 0.1) is 9.92 Å². The van der Waals surface area contributed by atoms with E-state index in [2.05, 4.69) is 9.97 Å². The Morgan fingerprint density at radius 2 is 2.21 bits per heavy atom. The van der Waals surface area contributed by atoms with E-state index in [0.29, 0.717) is 5.65 Å². The van der Waals surface area contributed by atoms with E-state index in [-0.39, 0.29) is 5.69 Å². The minimum absolute atomic E-state index is 0.202. The number of nitrogens with zero attached hydrogens (tertiary/aromatic N) is 2. The minimum atomic E-state index is -0.202. The highest BCUT2D eigenvalue weighted by molar-refractivity contribution is 7.99. The number of rotatable bonds is 2. The summed E-state index contributed by atoms with van der Waals surface area (Å²) in [5.74, 6) is 0. The molecule has 0 aliphatic rings. The van der Waals surface area contributed by atoms with Crippen molar-refractivity contribution in [3.05, 3.63) is 57.9 Å². The molecule has 19 heavy (non-hydrogen) atoms. The molecule has 0 bridgehead atoms. The third-order valence-corrected chi connectivity index (χ3v) is 4.48. The molecule has 0 radical (unpaired) electrons. The SMILES string of the molecule is Cc1cccc(Sc2c[nH]c(=O)n3ccnc23)c1Cl. The Bertz CT molecular complexity index is 809. The molecule has 96 valence electrons. The van der Waals surface area contributed by atoms with Gasteiger partial charge in [-0.05, 0) is 18.6 Å². The van der Waals surface area contributed by atoms with Gasteiger partial charge in [0.25, 0.3) is 0 Å². The molecule has 0 spiro atoms. The molecule has 0 saturated carbocycles. The number of H-pyrrole nitrogens is 1. The van der Waals surface area contributed by atoms with Crippen LogP contribution in [-0.4, -0.2) is 14.4 Å². The van der Waals surface area contributed by atoms with E-state index < -0.39 is 0 Å². The zero-order valence-electron chi connectivity index (χ0n) is 10.1. The van der Waals surface area contributed by atoms with Gasteiger partial charge in [-0.3, -0.25) is 4.40 Å². The Balaban J connectivity index is 2.11. The molecule has 2 heterocycles. The van der Waals surface area contributed by atoms with Gasteiger partial charge in [0.15, 0.2) is 5.65 Å². The second kappa shape index (κ2) is 4.75. The number of hydrogen-bond acceptors (Lipinski definition) is 3. The van der Waals surface area contributed by atoms with Gasteiger partial charge in [-0.15, -0.1) is 0 Å². The van der Waals surface area contributed by atoms with Crippen molar-refractivity contribution in [1.82, 2.24) is 14.4 Å². The Labute approximate surface area is 118 Å². The van der Waals surface area contributed by atoms with Gasteiger partial charge in [0.2, 0.25) is 0 Å². The first-order valence-electron chi connectivity index (χ1n) is 5.64. The lowest BCUT2D eigenvalue weighted by Crippen LogP contribution is -2.14. The maximum Gasteiger partial charge on any atom is 0.331 e. The predicted molar refractivity (Wildman–Crippen MR) is 76.1 cm³/mol. The average Bonchev–Trinajstić information content (AvgIpc) is 2.88. The summed E-state index contributed by atoms with van der Waals surface area (Å²) in [5.41, 5.74) is 1.45. The third-order valence-electron chi connectivity index (χ3n) is 2.78. The normalized spacial score (nSPS) is 11.1. The maximum atomic E-state index is 11.6. The molecule has 3 aromatic rings. The molecule has 2 aromatic heterocycles. The topological polar surface area (TPSA) is 50.2 Å². The number of benzene rings is 1. The van der Waals surface area contributed by atoms with Gasteiger partial charge in [0, 0.05) is 23.5 Å². The van der Waals surface area contributed by atoms with Crippen molar-refractivity contribution in [2.75, 3.05) is 0 Å². The number of hydrogen-bond donors (Lipinski definition) is 1. The zero-order chi connectivity index (χ0) is 13.4. The molecular weight excluding hydrogens is 282 g/mol. The van der Waals surface area contributed by atoms with Crippen LogP contribution in [0.2, 0.25) is 5.02 Å². The molecule has 0 saturated heterocycles. The molecule has 0 aliphatic heterocycles. The van der Waals surface area contributed by atoms with Crippen LogP contribution < -0.4 is 5.69 Å². The van der Waals surface area contributed by atoms with Crippen molar-refractivity contribution in [2.24, 2.45) is 0 Å². The molecule has 4 nitrogen and oxygen atoms in total. The van der Waals surface area contributed by atoms with E-state index in [4.69, 9.17) is 11.6 Å². The Morgan fingerprint density at radius 3 is 3.05 bits per heavy atom. The Kier molecular flexibility index (Phi) is 3.08. The smallest absolute Gasteiger partial charge is 0.313 e. The van der Waals surface area contributed by atoms with Crippen LogP contribution in [0, 0.1) is 6.92 Å². The first-order chi connectivity index (χ1) is 9.16. The molecule has 6 heteroatoms. The zero-order valence-corrected chi connectivity index (χ0v) is 11.6. The van der Waals surface area contributed by atoms with E-state index in [9.17, 15) is 4.79 Å². The second-order valence-electron chi connectivity index (χ2n) is 4.07. The molecule has 1 N–H and O–H groups in total. The van der Waals surface area contributed by atoms with Crippen LogP contribution in [0.3, 0.4) is 0 Å². The lowest BCUT2D eigenvalue weighted by Gasteiger charge is -2.06. The number of imidazole rings is 1. The summed E-state index contributed by atoms with van der Waals surface area (Å²) in [6.07, 6.45) is 4.90. The van der Waals surface area contributed by atoms with Crippen molar-refractivity contribution in [1.29, 1.82) is 0 Å². The predicted octanol–water partition coefficient (Wildman–Crippen LogP) is 3.14. The largest absolute Gasteiger partial charge is 0.331 e. The van der Waals surface area contributed by atoms with Crippen molar-refractivity contribution in [3.63, 3.8) is 0 Å². The molecule has 0 atom stereocenters. The Hall–Kier alpha value is -1.72. The fourth-order valence-electron chi connectivity index (χ4n) is 1.80. The summed E-state index contributed by atoms with van der Waals surface area (Å²) < 4.78 is 1.48. The van der Waals surface area contributed by atoms with Gasteiger partial charge >= 0.3 is 5.69 Å². The van der Waals surface area contributed by atoms with Gasteiger partial charge in [0.1, 0.15) is 0 Å². The maximum absolute atomic E-state index is 11.6. The fourth-order valence-corrected chi connectivity index (χ4v) is 3.04. The molecule has 0 amide bonds. The highest BCUT2D eigenvalue weighted by Gasteiger charge is 2.10. The summed E-state index contributed by atoms with van der Waals surface area (Å²) in [6, 6.07) is 5.87. The van der Waals surface area contributed by atoms with Crippen LogP contribution in [0.15, 0.2) is 51.4 Å². The van der Waals surface area contributed by atoms with E-state index in [0.717, 1.165) is 20.4 Å². The van der Waals surface area contributed by atoms with Crippen molar-refractivity contribution >= 4 is 29.0 Å². The van der Waals surface area contributed by atoms with Crippen LogP contribution in [-0.2, 0) is 0 Å². The lowest BCUT2D eigenvalue weighted by molar-refractivity contribution is 0.971. The van der Waals surface area contributed by atoms with Gasteiger partial charge in [-0.2, -0.15) is 0 Å². The van der Waals surface area contributed by atoms with Crippen LogP contribution in [0.5, 0.6) is 0 Å². The number of aryl methyl sites for hydroxylation is 1. The molecule has 0 unspecified atom stereocenters. The summed E-state index contributed by atoms with van der Waals surface area (Å²) in [6.45, 7) is 1.96. The molecule has 0 aliphatic carbocycles. The van der Waals surface area contributed by atoms with Crippen LogP contribution in [0.1, 0.15) is 5.56 Å². The number of aromatic nitrogens is 3. The van der Waals surface area contributed by atoms with Crippen molar-refractivity contribution in [3.8, 4) is 0 Å². The van der Waals surface area contributed by atoms with E-state index in [1.807, 2.05) is 25.1 Å². The third kappa shape index (κ3) is 2.15. The second-order valence-corrected chi connectivity index (χ2v) is 5.53. The monoisotopic (exact) mass is 291 g/mol. The minimum Gasteiger partial charge on any atom is -0.313 e. The lowest BCUT2D eigenvalue weighted by atomic mass is 10.2. The molecule has 0 fully saturated rings. The standard InChI is InChI=1S/C13H10ClN3OS/c1-8-3-2-4-9(11(8)14)19-10-7-16-13(18)17-6-5-15-12(10)17/h2-7H,1H3,(H,16,18). The van der Waals surface area contributed by atoms with Crippen molar-refractivity contribution in [2.45, 2.75) is 16.7 Å². The van der Waals surface area contributed by atoms with E-state index >= 15 is 0 Å². The first kappa shape index (κ1) is 12.3. The highest BCUT2D eigenvalue weighted by Crippen LogP contribution is 2.35. The summed E-state index contributed by atoms with van der Waals surface area (Å²) in [5, 5.41) is 0.725. The summed E-state index contributed by atoms with van der Waals surface area (Å²) in [4.78, 5) is 20.3. The molecule has 1 aromatic carbocycles. The fraction of sp³-hybridized carbons (Fsp3) is 0.0769. The Morgan fingerprint density at radius 1 is 1.37 bits per heavy atom. The van der Waals surface area contributed by atoms with Crippen LogP contribution in [0.25, 0.3) is 5.65 Å². The van der Waals surface area contributed by atoms with Gasteiger partial charge < -0.3 is 4.98 Å². The quantitative estimate of drug-likeness (QED) is 0.789. The molecular formula is C13H10ClN3OS. The average molecular weight is 292 g/mol. The molecule has 3 rings (SSSR count).